The second-order valence-electron chi connectivity index (χ2n) is 4.97. The predicted octanol–water partition coefficient (Wildman–Crippen LogP) is 4.10. The van der Waals surface area contributed by atoms with E-state index in [-0.39, 0.29) is 5.91 Å². The number of rotatable bonds is 2. The van der Waals surface area contributed by atoms with E-state index in [4.69, 9.17) is 17.3 Å². The maximum Gasteiger partial charge on any atom is 0.256 e. The summed E-state index contributed by atoms with van der Waals surface area (Å²) in [4.78, 5) is 12.4. The molecule has 0 aliphatic heterocycles. The van der Waals surface area contributed by atoms with Gasteiger partial charge in [-0.05, 0) is 50.1 Å². The summed E-state index contributed by atoms with van der Waals surface area (Å²) >= 11 is 6.07. The first kappa shape index (κ1) is 14.4. The summed E-state index contributed by atoms with van der Waals surface area (Å²) in [5.41, 5.74) is 10.5. The number of carbonyl (C=O) groups is 1. The van der Waals surface area contributed by atoms with Crippen molar-refractivity contribution in [3.8, 4) is 0 Å². The van der Waals surface area contributed by atoms with Crippen LogP contribution in [0, 0.1) is 20.8 Å². The third kappa shape index (κ3) is 2.94. The van der Waals surface area contributed by atoms with E-state index in [1.807, 2.05) is 32.9 Å². The molecule has 0 unspecified atom stereocenters. The van der Waals surface area contributed by atoms with Crippen LogP contribution in [0.4, 0.5) is 11.4 Å². The lowest BCUT2D eigenvalue weighted by atomic mass is 9.99. The summed E-state index contributed by atoms with van der Waals surface area (Å²) in [5, 5.41) is 3.26. The topological polar surface area (TPSA) is 55.1 Å². The molecule has 0 aliphatic carbocycles. The van der Waals surface area contributed by atoms with Crippen molar-refractivity contribution in [1.82, 2.24) is 0 Å². The minimum atomic E-state index is -0.160. The number of halogens is 1. The van der Waals surface area contributed by atoms with Crippen LogP contribution in [0.25, 0.3) is 0 Å². The molecule has 2 aromatic carbocycles. The third-order valence-electron chi connectivity index (χ3n) is 3.15. The van der Waals surface area contributed by atoms with Gasteiger partial charge in [0.05, 0.1) is 10.7 Å². The molecule has 2 aromatic rings. The summed E-state index contributed by atoms with van der Waals surface area (Å²) in [6.07, 6.45) is 0. The Hall–Kier alpha value is -2.00. The van der Waals surface area contributed by atoms with Crippen LogP contribution < -0.4 is 11.1 Å². The van der Waals surface area contributed by atoms with Gasteiger partial charge >= 0.3 is 0 Å². The highest BCUT2D eigenvalue weighted by atomic mass is 35.5. The molecule has 4 heteroatoms. The van der Waals surface area contributed by atoms with Crippen molar-refractivity contribution in [3.63, 3.8) is 0 Å². The third-order valence-corrected chi connectivity index (χ3v) is 3.46. The lowest BCUT2D eigenvalue weighted by Crippen LogP contribution is -2.15. The highest BCUT2D eigenvalue weighted by molar-refractivity contribution is 6.34. The molecule has 0 aliphatic rings. The van der Waals surface area contributed by atoms with Crippen LogP contribution in [0.2, 0.25) is 5.02 Å². The lowest BCUT2D eigenvalue weighted by molar-refractivity contribution is 0.102. The van der Waals surface area contributed by atoms with Crippen molar-refractivity contribution >= 4 is 28.9 Å². The molecule has 0 fully saturated rings. The van der Waals surface area contributed by atoms with E-state index in [0.717, 1.165) is 16.7 Å². The van der Waals surface area contributed by atoms with Crippen LogP contribution >= 0.6 is 11.6 Å². The molecule has 0 heterocycles. The molecule has 0 radical (unpaired) electrons. The average molecular weight is 289 g/mol. The maximum atomic E-state index is 12.4. The normalized spacial score (nSPS) is 10.4. The Morgan fingerprint density at radius 1 is 1.10 bits per heavy atom. The van der Waals surface area contributed by atoms with E-state index in [2.05, 4.69) is 5.32 Å². The number of hydrogen-bond donors (Lipinski definition) is 2. The number of amides is 1. The van der Waals surface area contributed by atoms with Gasteiger partial charge < -0.3 is 11.1 Å². The SMILES string of the molecule is Cc1cc(C)c(C(=O)Nc2ccc(N)cc2Cl)c(C)c1. The second-order valence-corrected chi connectivity index (χ2v) is 5.37. The fourth-order valence-corrected chi connectivity index (χ4v) is 2.59. The van der Waals surface area contributed by atoms with E-state index < -0.39 is 0 Å². The van der Waals surface area contributed by atoms with Crippen LogP contribution in [0.15, 0.2) is 30.3 Å². The summed E-state index contributed by atoms with van der Waals surface area (Å²) in [6.45, 7) is 5.87. The van der Waals surface area contributed by atoms with E-state index in [1.54, 1.807) is 18.2 Å². The van der Waals surface area contributed by atoms with Crippen LogP contribution in [0.3, 0.4) is 0 Å². The van der Waals surface area contributed by atoms with Gasteiger partial charge in [-0.2, -0.15) is 0 Å². The molecule has 2 rings (SSSR count). The number of nitrogens with one attached hydrogen (secondary N) is 1. The van der Waals surface area contributed by atoms with Gasteiger partial charge in [-0.15, -0.1) is 0 Å². The van der Waals surface area contributed by atoms with Crippen molar-refractivity contribution in [2.75, 3.05) is 11.1 Å². The van der Waals surface area contributed by atoms with E-state index in [9.17, 15) is 4.79 Å². The molecule has 0 atom stereocenters. The Morgan fingerprint density at radius 2 is 1.70 bits per heavy atom. The first-order valence-electron chi connectivity index (χ1n) is 6.32. The number of carbonyl (C=O) groups excluding carboxylic acids is 1. The smallest absolute Gasteiger partial charge is 0.256 e. The number of aryl methyl sites for hydroxylation is 3. The van der Waals surface area contributed by atoms with Crippen LogP contribution in [-0.2, 0) is 0 Å². The zero-order valence-corrected chi connectivity index (χ0v) is 12.5. The van der Waals surface area contributed by atoms with Gasteiger partial charge in [0.15, 0.2) is 0 Å². The fourth-order valence-electron chi connectivity index (χ4n) is 2.36. The first-order valence-corrected chi connectivity index (χ1v) is 6.70. The van der Waals surface area contributed by atoms with Crippen molar-refractivity contribution in [3.05, 3.63) is 57.6 Å². The molecule has 0 bridgehead atoms. The summed E-state index contributed by atoms with van der Waals surface area (Å²) < 4.78 is 0. The Labute approximate surface area is 123 Å². The largest absolute Gasteiger partial charge is 0.399 e. The highest BCUT2D eigenvalue weighted by Gasteiger charge is 2.14. The minimum Gasteiger partial charge on any atom is -0.399 e. The molecule has 3 N–H and O–H groups in total. The van der Waals surface area contributed by atoms with Gasteiger partial charge in [-0.3, -0.25) is 4.79 Å². The molecule has 0 saturated carbocycles. The van der Waals surface area contributed by atoms with Crippen molar-refractivity contribution in [2.24, 2.45) is 0 Å². The molecule has 0 spiro atoms. The quantitative estimate of drug-likeness (QED) is 0.818. The number of anilines is 2. The average Bonchev–Trinajstić information content (AvgIpc) is 2.31. The number of hydrogen-bond acceptors (Lipinski definition) is 2. The molecule has 0 aromatic heterocycles. The van der Waals surface area contributed by atoms with Crippen molar-refractivity contribution < 1.29 is 4.79 Å². The standard InChI is InChI=1S/C16H17ClN2O/c1-9-6-10(2)15(11(3)7-9)16(20)19-14-5-4-12(18)8-13(14)17/h4-8H,18H2,1-3H3,(H,19,20). The molecular formula is C16H17ClN2O. The van der Waals surface area contributed by atoms with Gasteiger partial charge in [0, 0.05) is 11.3 Å². The molecule has 0 saturated heterocycles. The Bertz CT molecular complexity index is 657. The fraction of sp³-hybridized carbons (Fsp3) is 0.188. The summed E-state index contributed by atoms with van der Waals surface area (Å²) in [7, 11) is 0. The zero-order chi connectivity index (χ0) is 14.9. The first-order chi connectivity index (χ1) is 9.38. The molecule has 20 heavy (non-hydrogen) atoms. The Morgan fingerprint density at radius 3 is 2.25 bits per heavy atom. The molecule has 3 nitrogen and oxygen atoms in total. The number of benzene rings is 2. The van der Waals surface area contributed by atoms with Gasteiger partial charge in [0.1, 0.15) is 0 Å². The maximum absolute atomic E-state index is 12.4. The zero-order valence-electron chi connectivity index (χ0n) is 11.8. The van der Waals surface area contributed by atoms with Gasteiger partial charge in [0.25, 0.3) is 5.91 Å². The van der Waals surface area contributed by atoms with Gasteiger partial charge in [0.2, 0.25) is 0 Å². The summed E-state index contributed by atoms with van der Waals surface area (Å²) in [6, 6.07) is 9.01. The van der Waals surface area contributed by atoms with Gasteiger partial charge in [-0.1, -0.05) is 29.3 Å². The van der Waals surface area contributed by atoms with E-state index in [1.165, 1.54) is 0 Å². The summed E-state index contributed by atoms with van der Waals surface area (Å²) in [5.74, 6) is -0.160. The Balaban J connectivity index is 2.33. The van der Waals surface area contributed by atoms with Crippen LogP contribution in [0.1, 0.15) is 27.0 Å². The second kappa shape index (κ2) is 5.55. The molecular weight excluding hydrogens is 272 g/mol. The van der Waals surface area contributed by atoms with E-state index in [0.29, 0.717) is 22.0 Å². The number of nitrogens with two attached hydrogens (primary N) is 1. The lowest BCUT2D eigenvalue weighted by Gasteiger charge is -2.12. The monoisotopic (exact) mass is 288 g/mol. The Kier molecular flexibility index (Phi) is 4.00. The van der Waals surface area contributed by atoms with E-state index >= 15 is 0 Å². The predicted molar refractivity (Wildman–Crippen MR) is 84.5 cm³/mol. The van der Waals surface area contributed by atoms with Crippen LogP contribution in [0.5, 0.6) is 0 Å². The van der Waals surface area contributed by atoms with Crippen molar-refractivity contribution in [2.45, 2.75) is 20.8 Å². The highest BCUT2D eigenvalue weighted by Crippen LogP contribution is 2.25. The van der Waals surface area contributed by atoms with Crippen LogP contribution in [-0.4, -0.2) is 5.91 Å². The van der Waals surface area contributed by atoms with Gasteiger partial charge in [-0.25, -0.2) is 0 Å². The number of nitrogen functional groups attached to an aromatic ring is 1. The molecule has 1 amide bonds. The van der Waals surface area contributed by atoms with Crippen molar-refractivity contribution in [1.29, 1.82) is 0 Å². The molecule has 104 valence electrons. The minimum absolute atomic E-state index is 0.160.